The molecular weight excluding hydrogens is 326 g/mol. The van der Waals surface area contributed by atoms with Crippen LogP contribution in [-0.4, -0.2) is 65.0 Å². The maximum absolute atomic E-state index is 12.8. The fourth-order valence-electron chi connectivity index (χ4n) is 2.80. The van der Waals surface area contributed by atoms with E-state index in [0.717, 1.165) is 23.8 Å². The Labute approximate surface area is 145 Å². The first kappa shape index (κ1) is 17.1. The molecule has 0 N–H and O–H groups in total. The number of morpholine rings is 1. The summed E-state index contributed by atoms with van der Waals surface area (Å²) in [6.07, 6.45) is 6.62. The average molecular weight is 349 g/mol. The predicted octanol–water partition coefficient (Wildman–Crippen LogP) is 1.17. The molecule has 1 atom stereocenters. The molecule has 0 aliphatic carbocycles. The van der Waals surface area contributed by atoms with Crippen LogP contribution in [0, 0.1) is 0 Å². The van der Waals surface area contributed by atoms with Gasteiger partial charge in [-0.3, -0.25) is 14.4 Å². The summed E-state index contributed by atoms with van der Waals surface area (Å²) in [5, 5.41) is 6.78. The lowest BCUT2D eigenvalue weighted by Gasteiger charge is -2.33. The molecule has 1 saturated heterocycles. The van der Waals surface area contributed by atoms with Gasteiger partial charge in [-0.05, 0) is 19.0 Å². The van der Waals surface area contributed by atoms with Crippen molar-refractivity contribution in [2.45, 2.75) is 18.9 Å². The number of rotatable bonds is 6. The normalized spacial score (nSPS) is 18.7. The van der Waals surface area contributed by atoms with Crippen molar-refractivity contribution < 1.29 is 9.53 Å². The summed E-state index contributed by atoms with van der Waals surface area (Å²) >= 11 is 1.48. The van der Waals surface area contributed by atoms with Gasteiger partial charge in [0.05, 0.1) is 25.5 Å². The molecule has 1 aliphatic heterocycles. The van der Waals surface area contributed by atoms with E-state index in [9.17, 15) is 4.79 Å². The molecule has 1 amide bonds. The smallest absolute Gasteiger partial charge is 0.229 e. The number of aromatic nitrogens is 3. The molecule has 2 aromatic rings. The van der Waals surface area contributed by atoms with Crippen LogP contribution in [0.25, 0.3) is 0 Å². The third-order valence-electron chi connectivity index (χ3n) is 4.07. The summed E-state index contributed by atoms with van der Waals surface area (Å²) < 4.78 is 7.58. The summed E-state index contributed by atoms with van der Waals surface area (Å²) in [6, 6.07) is 0. The van der Waals surface area contributed by atoms with Gasteiger partial charge in [-0.15, -0.1) is 11.3 Å². The van der Waals surface area contributed by atoms with E-state index in [0.29, 0.717) is 26.0 Å². The van der Waals surface area contributed by atoms with Crippen molar-refractivity contribution in [1.29, 1.82) is 0 Å². The van der Waals surface area contributed by atoms with Crippen molar-refractivity contribution in [3.63, 3.8) is 0 Å². The van der Waals surface area contributed by atoms with Gasteiger partial charge in [0, 0.05) is 44.3 Å². The lowest BCUT2D eigenvalue weighted by molar-refractivity contribution is -0.119. The molecule has 24 heavy (non-hydrogen) atoms. The molecule has 0 unspecified atom stereocenters. The van der Waals surface area contributed by atoms with Crippen LogP contribution in [0.15, 0.2) is 24.0 Å². The lowest BCUT2D eigenvalue weighted by atomic mass is 10.2. The van der Waals surface area contributed by atoms with Gasteiger partial charge in [0.2, 0.25) is 5.91 Å². The lowest BCUT2D eigenvalue weighted by Crippen LogP contribution is -2.47. The highest BCUT2D eigenvalue weighted by Gasteiger charge is 2.25. The maximum Gasteiger partial charge on any atom is 0.229 e. The average Bonchev–Trinajstić information content (AvgIpc) is 3.22. The topological polar surface area (TPSA) is 63.5 Å². The molecule has 3 rings (SSSR count). The third-order valence-corrected chi connectivity index (χ3v) is 4.86. The van der Waals surface area contributed by atoms with Crippen LogP contribution in [0.2, 0.25) is 0 Å². The molecule has 3 heterocycles. The standard InChI is InChI=1S/C16H23N5O2S/c1-19-6-7-23-14(11-19)12-21(16-17-5-8-24-16)15(22)4-3-13-9-18-20(2)10-13/h5,8-10,14H,3-4,6-7,11-12H2,1-2H3/t14-/m1/s1. The summed E-state index contributed by atoms with van der Waals surface area (Å²) in [7, 11) is 3.96. The minimum atomic E-state index is 0.0231. The van der Waals surface area contributed by atoms with E-state index in [2.05, 4.69) is 22.0 Å². The van der Waals surface area contributed by atoms with Gasteiger partial charge < -0.3 is 9.64 Å². The van der Waals surface area contributed by atoms with Crippen molar-refractivity contribution in [3.05, 3.63) is 29.5 Å². The number of amides is 1. The Morgan fingerprint density at radius 2 is 2.38 bits per heavy atom. The van der Waals surface area contributed by atoms with Crippen LogP contribution in [0.5, 0.6) is 0 Å². The molecule has 0 radical (unpaired) electrons. The van der Waals surface area contributed by atoms with Crippen LogP contribution in [0.4, 0.5) is 5.13 Å². The van der Waals surface area contributed by atoms with Gasteiger partial charge in [0.1, 0.15) is 0 Å². The zero-order valence-electron chi connectivity index (χ0n) is 14.1. The first-order chi connectivity index (χ1) is 11.6. The van der Waals surface area contributed by atoms with Gasteiger partial charge in [-0.25, -0.2) is 4.98 Å². The molecule has 130 valence electrons. The fraction of sp³-hybridized carbons (Fsp3) is 0.562. The van der Waals surface area contributed by atoms with Crippen LogP contribution in [0.1, 0.15) is 12.0 Å². The second-order valence-corrected chi connectivity index (χ2v) is 6.97. The van der Waals surface area contributed by atoms with Gasteiger partial charge in [0.25, 0.3) is 0 Å². The Morgan fingerprint density at radius 3 is 3.04 bits per heavy atom. The van der Waals surface area contributed by atoms with E-state index in [1.54, 1.807) is 22.0 Å². The molecule has 7 nitrogen and oxygen atoms in total. The second kappa shape index (κ2) is 7.87. The van der Waals surface area contributed by atoms with Crippen LogP contribution in [0.3, 0.4) is 0 Å². The van der Waals surface area contributed by atoms with Gasteiger partial charge in [-0.2, -0.15) is 5.10 Å². The van der Waals surface area contributed by atoms with E-state index in [1.807, 2.05) is 18.6 Å². The number of hydrogen-bond acceptors (Lipinski definition) is 6. The van der Waals surface area contributed by atoms with Gasteiger partial charge in [-0.1, -0.05) is 0 Å². The Bertz CT molecular complexity index is 657. The molecule has 1 aliphatic rings. The van der Waals surface area contributed by atoms with Crippen molar-refractivity contribution in [3.8, 4) is 0 Å². The Balaban J connectivity index is 1.64. The number of hydrogen-bond donors (Lipinski definition) is 0. The highest BCUT2D eigenvalue weighted by molar-refractivity contribution is 7.13. The molecule has 0 spiro atoms. The van der Waals surface area contributed by atoms with Crippen molar-refractivity contribution in [2.24, 2.45) is 7.05 Å². The van der Waals surface area contributed by atoms with Gasteiger partial charge in [0.15, 0.2) is 5.13 Å². The van der Waals surface area contributed by atoms with E-state index in [4.69, 9.17) is 4.74 Å². The number of ether oxygens (including phenoxy) is 1. The van der Waals surface area contributed by atoms with E-state index < -0.39 is 0 Å². The van der Waals surface area contributed by atoms with Gasteiger partial charge >= 0.3 is 0 Å². The summed E-state index contributed by atoms with van der Waals surface area (Å²) in [6.45, 7) is 3.01. The fourth-order valence-corrected chi connectivity index (χ4v) is 3.47. The first-order valence-corrected chi connectivity index (χ1v) is 8.97. The number of carbonyl (C=O) groups is 1. The van der Waals surface area contributed by atoms with Crippen LogP contribution in [-0.2, 0) is 23.0 Å². The number of likely N-dealkylation sites (N-methyl/N-ethyl adjacent to an activating group) is 1. The number of aryl methyl sites for hydroxylation is 2. The largest absolute Gasteiger partial charge is 0.374 e. The first-order valence-electron chi connectivity index (χ1n) is 8.09. The highest BCUT2D eigenvalue weighted by atomic mass is 32.1. The second-order valence-electron chi connectivity index (χ2n) is 6.10. The van der Waals surface area contributed by atoms with E-state index in [-0.39, 0.29) is 12.0 Å². The van der Waals surface area contributed by atoms with Crippen molar-refractivity contribution in [1.82, 2.24) is 19.7 Å². The zero-order chi connectivity index (χ0) is 16.9. The zero-order valence-corrected chi connectivity index (χ0v) is 14.9. The summed E-state index contributed by atoms with van der Waals surface area (Å²) in [4.78, 5) is 21.1. The maximum atomic E-state index is 12.8. The van der Waals surface area contributed by atoms with Crippen molar-refractivity contribution >= 4 is 22.4 Å². The third kappa shape index (κ3) is 4.40. The minimum Gasteiger partial charge on any atom is -0.374 e. The number of nitrogens with zero attached hydrogens (tertiary/aromatic N) is 5. The molecule has 2 aromatic heterocycles. The SMILES string of the molecule is CN1CCO[C@@H](CN(C(=O)CCc2cnn(C)c2)c2nccs2)C1. The molecule has 0 aromatic carbocycles. The Kier molecular flexibility index (Phi) is 5.60. The molecular formula is C16H23N5O2S. The molecule has 8 heteroatoms. The summed E-state index contributed by atoms with van der Waals surface area (Å²) in [5.74, 6) is 0.0747. The van der Waals surface area contributed by atoms with Crippen LogP contribution < -0.4 is 4.90 Å². The minimum absolute atomic E-state index is 0.0231. The predicted molar refractivity (Wildman–Crippen MR) is 93.2 cm³/mol. The Morgan fingerprint density at radius 1 is 1.50 bits per heavy atom. The monoisotopic (exact) mass is 349 g/mol. The summed E-state index contributed by atoms with van der Waals surface area (Å²) in [5.41, 5.74) is 1.07. The van der Waals surface area contributed by atoms with E-state index >= 15 is 0 Å². The molecule has 1 fully saturated rings. The molecule has 0 bridgehead atoms. The Hall–Kier alpha value is -1.77. The van der Waals surface area contributed by atoms with Crippen molar-refractivity contribution in [2.75, 3.05) is 38.2 Å². The van der Waals surface area contributed by atoms with E-state index in [1.165, 1.54) is 11.3 Å². The molecule has 0 saturated carbocycles. The number of anilines is 1. The quantitative estimate of drug-likeness (QED) is 0.783. The number of thiazole rings is 1. The number of carbonyl (C=O) groups excluding carboxylic acids is 1. The van der Waals surface area contributed by atoms with Crippen LogP contribution >= 0.6 is 11.3 Å². The highest BCUT2D eigenvalue weighted by Crippen LogP contribution is 2.20.